The minimum Gasteiger partial charge on any atom is -0.478 e. The van der Waals surface area contributed by atoms with Crippen LogP contribution in [0.4, 0.5) is 5.82 Å². The van der Waals surface area contributed by atoms with Crippen LogP contribution in [0.5, 0.6) is 5.88 Å². The van der Waals surface area contributed by atoms with Crippen LogP contribution in [0.1, 0.15) is 13.8 Å². The van der Waals surface area contributed by atoms with Crippen molar-refractivity contribution in [1.29, 1.82) is 0 Å². The van der Waals surface area contributed by atoms with Crippen LogP contribution in [0, 0.1) is 0 Å². The van der Waals surface area contributed by atoms with Crippen molar-refractivity contribution in [3.8, 4) is 5.88 Å². The van der Waals surface area contributed by atoms with Crippen LogP contribution in [-0.4, -0.2) is 54.6 Å². The highest BCUT2D eigenvalue weighted by Gasteiger charge is 2.23. The van der Waals surface area contributed by atoms with Crippen LogP contribution in [0.2, 0.25) is 0 Å². The van der Waals surface area contributed by atoms with Gasteiger partial charge in [0.05, 0.1) is 12.6 Å². The Hall–Kier alpha value is -1.82. The molecule has 0 spiro atoms. The van der Waals surface area contributed by atoms with Crippen molar-refractivity contribution < 1.29 is 9.53 Å². The van der Waals surface area contributed by atoms with Gasteiger partial charge >= 0.3 is 0 Å². The molecule has 1 aromatic rings. The van der Waals surface area contributed by atoms with E-state index >= 15 is 0 Å². The number of carbonyl (C=O) groups excluding carboxylic acids is 1. The largest absolute Gasteiger partial charge is 0.478 e. The Balaban J connectivity index is 1.96. The highest BCUT2D eigenvalue weighted by atomic mass is 16.5. The second kappa shape index (κ2) is 6.56. The summed E-state index contributed by atoms with van der Waals surface area (Å²) < 4.78 is 5.41. The van der Waals surface area contributed by atoms with E-state index in [1.54, 1.807) is 6.92 Å². The van der Waals surface area contributed by atoms with E-state index in [2.05, 4.69) is 9.88 Å². The van der Waals surface area contributed by atoms with Crippen LogP contribution in [0.25, 0.3) is 0 Å². The van der Waals surface area contributed by atoms with E-state index in [9.17, 15) is 4.79 Å². The van der Waals surface area contributed by atoms with Crippen molar-refractivity contribution >= 4 is 11.7 Å². The quantitative estimate of drug-likeness (QED) is 0.867. The molecule has 1 aliphatic heterocycles. The number of carbonyl (C=O) groups is 1. The van der Waals surface area contributed by atoms with Gasteiger partial charge < -0.3 is 20.3 Å². The summed E-state index contributed by atoms with van der Waals surface area (Å²) in [6, 6.07) is 5.32. The number of nitrogens with two attached hydrogens (primary N) is 1. The van der Waals surface area contributed by atoms with Crippen LogP contribution < -0.4 is 15.4 Å². The smallest absolute Gasteiger partial charge is 0.239 e. The highest BCUT2D eigenvalue weighted by molar-refractivity contribution is 5.81. The Bertz CT molecular complexity index is 456. The lowest BCUT2D eigenvalue weighted by Gasteiger charge is -2.36. The molecule has 0 bridgehead atoms. The number of hydrogen-bond acceptors (Lipinski definition) is 5. The zero-order chi connectivity index (χ0) is 14.5. The number of rotatable bonds is 4. The predicted octanol–water partition coefficient (Wildman–Crippen LogP) is 0.476. The summed E-state index contributed by atoms with van der Waals surface area (Å²) in [6.07, 6.45) is 0. The average Bonchev–Trinajstić information content (AvgIpc) is 2.47. The summed E-state index contributed by atoms with van der Waals surface area (Å²) in [5, 5.41) is 0. The lowest BCUT2D eigenvalue weighted by Crippen LogP contribution is -2.52. The van der Waals surface area contributed by atoms with Crippen molar-refractivity contribution in [3.63, 3.8) is 0 Å². The van der Waals surface area contributed by atoms with Gasteiger partial charge in [-0.25, -0.2) is 0 Å². The van der Waals surface area contributed by atoms with Crippen molar-refractivity contribution in [3.05, 3.63) is 18.2 Å². The number of ether oxygens (including phenoxy) is 1. The second-order valence-corrected chi connectivity index (χ2v) is 4.87. The van der Waals surface area contributed by atoms with Gasteiger partial charge in [0.15, 0.2) is 0 Å². The number of hydrogen-bond donors (Lipinski definition) is 1. The van der Waals surface area contributed by atoms with Crippen molar-refractivity contribution in [2.24, 2.45) is 5.73 Å². The molecule has 6 nitrogen and oxygen atoms in total. The maximum atomic E-state index is 11.8. The van der Waals surface area contributed by atoms with Gasteiger partial charge in [-0.3, -0.25) is 4.79 Å². The van der Waals surface area contributed by atoms with Crippen LogP contribution in [0.3, 0.4) is 0 Å². The van der Waals surface area contributed by atoms with E-state index in [0.717, 1.165) is 18.9 Å². The van der Waals surface area contributed by atoms with Gasteiger partial charge in [0.1, 0.15) is 5.82 Å². The number of piperazine rings is 1. The molecule has 1 fully saturated rings. The normalized spacial score (nSPS) is 16.9. The Morgan fingerprint density at radius 1 is 1.40 bits per heavy atom. The first kappa shape index (κ1) is 14.6. The molecule has 2 N–H and O–H groups in total. The number of anilines is 1. The molecule has 6 heteroatoms. The molecule has 1 unspecified atom stereocenters. The maximum Gasteiger partial charge on any atom is 0.239 e. The third-order valence-electron chi connectivity index (χ3n) is 3.31. The molecule has 2 rings (SSSR count). The Morgan fingerprint density at radius 2 is 2.10 bits per heavy atom. The predicted molar refractivity (Wildman–Crippen MR) is 77.8 cm³/mol. The van der Waals surface area contributed by atoms with Crippen molar-refractivity contribution in [2.45, 2.75) is 19.9 Å². The monoisotopic (exact) mass is 278 g/mol. The molecular weight excluding hydrogens is 256 g/mol. The number of aromatic nitrogens is 1. The average molecular weight is 278 g/mol. The minimum atomic E-state index is -0.430. The fourth-order valence-corrected chi connectivity index (χ4v) is 2.25. The molecule has 0 radical (unpaired) electrons. The van der Waals surface area contributed by atoms with E-state index in [4.69, 9.17) is 10.5 Å². The van der Waals surface area contributed by atoms with Crippen molar-refractivity contribution in [2.75, 3.05) is 37.7 Å². The fourth-order valence-electron chi connectivity index (χ4n) is 2.25. The van der Waals surface area contributed by atoms with Gasteiger partial charge in [-0.05, 0) is 19.9 Å². The van der Waals surface area contributed by atoms with Gasteiger partial charge in [0.25, 0.3) is 0 Å². The molecule has 0 aliphatic carbocycles. The molecule has 1 amide bonds. The van der Waals surface area contributed by atoms with Gasteiger partial charge in [-0.15, -0.1) is 0 Å². The van der Waals surface area contributed by atoms with E-state index in [0.29, 0.717) is 25.6 Å². The SMILES string of the molecule is CCOc1cccc(N2CCN(C(=O)C(C)N)CC2)n1. The maximum absolute atomic E-state index is 11.8. The number of nitrogens with zero attached hydrogens (tertiary/aromatic N) is 3. The molecule has 2 heterocycles. The molecule has 20 heavy (non-hydrogen) atoms. The topological polar surface area (TPSA) is 71.7 Å². The van der Waals surface area contributed by atoms with Crippen LogP contribution >= 0.6 is 0 Å². The summed E-state index contributed by atoms with van der Waals surface area (Å²) in [4.78, 5) is 20.3. The van der Waals surface area contributed by atoms with Crippen molar-refractivity contribution in [1.82, 2.24) is 9.88 Å². The third kappa shape index (κ3) is 3.39. The van der Waals surface area contributed by atoms with Gasteiger partial charge in [-0.1, -0.05) is 6.07 Å². The molecule has 1 aliphatic rings. The molecule has 110 valence electrons. The fraction of sp³-hybridized carbons (Fsp3) is 0.571. The Labute approximate surface area is 119 Å². The zero-order valence-corrected chi connectivity index (χ0v) is 12.1. The van der Waals surface area contributed by atoms with Gasteiger partial charge in [0.2, 0.25) is 11.8 Å². The van der Waals surface area contributed by atoms with E-state index < -0.39 is 6.04 Å². The zero-order valence-electron chi connectivity index (χ0n) is 12.1. The lowest BCUT2D eigenvalue weighted by atomic mass is 10.2. The van der Waals surface area contributed by atoms with Crippen LogP contribution in [0.15, 0.2) is 18.2 Å². The molecule has 1 saturated heterocycles. The first-order chi connectivity index (χ1) is 9.61. The summed E-state index contributed by atoms with van der Waals surface area (Å²) in [5.74, 6) is 1.55. The number of pyridine rings is 1. The Morgan fingerprint density at radius 3 is 2.70 bits per heavy atom. The first-order valence-electron chi connectivity index (χ1n) is 7.01. The standard InChI is InChI=1S/C14H22N4O2/c1-3-20-13-6-4-5-12(16-13)17-7-9-18(10-8-17)14(19)11(2)15/h4-6,11H,3,7-10,15H2,1-2H3. The lowest BCUT2D eigenvalue weighted by molar-refractivity contribution is -0.132. The van der Waals surface area contributed by atoms with E-state index in [1.165, 1.54) is 0 Å². The van der Waals surface area contributed by atoms with E-state index in [-0.39, 0.29) is 5.91 Å². The van der Waals surface area contributed by atoms with E-state index in [1.807, 2.05) is 30.0 Å². The second-order valence-electron chi connectivity index (χ2n) is 4.87. The molecule has 0 saturated carbocycles. The highest BCUT2D eigenvalue weighted by Crippen LogP contribution is 2.17. The molecule has 0 aromatic carbocycles. The Kier molecular flexibility index (Phi) is 4.79. The summed E-state index contributed by atoms with van der Waals surface area (Å²) >= 11 is 0. The summed E-state index contributed by atoms with van der Waals surface area (Å²) in [7, 11) is 0. The molecular formula is C14H22N4O2. The van der Waals surface area contributed by atoms with Gasteiger partial charge in [0, 0.05) is 32.2 Å². The summed E-state index contributed by atoms with van der Waals surface area (Å²) in [5.41, 5.74) is 5.63. The van der Waals surface area contributed by atoms with Crippen LogP contribution in [-0.2, 0) is 4.79 Å². The number of amides is 1. The first-order valence-corrected chi connectivity index (χ1v) is 7.01. The molecule has 1 atom stereocenters. The minimum absolute atomic E-state index is 0.0145. The third-order valence-corrected chi connectivity index (χ3v) is 3.31. The molecule has 1 aromatic heterocycles. The summed E-state index contributed by atoms with van der Waals surface area (Å²) in [6.45, 7) is 7.16. The van der Waals surface area contributed by atoms with Gasteiger partial charge in [-0.2, -0.15) is 4.98 Å².